The Labute approximate surface area is 396 Å². The van der Waals surface area contributed by atoms with Crippen LogP contribution >= 0.6 is 0 Å². The van der Waals surface area contributed by atoms with Gasteiger partial charge in [-0.1, -0.05) is 104 Å². The summed E-state index contributed by atoms with van der Waals surface area (Å²) in [5.74, 6) is 4.52. The number of imide groups is 1. The number of fused-ring (bicyclic) bond motifs is 3. The van der Waals surface area contributed by atoms with E-state index >= 15 is 14.4 Å². The van der Waals surface area contributed by atoms with E-state index in [1.54, 1.807) is 37.4 Å². The van der Waals surface area contributed by atoms with E-state index in [2.05, 4.69) is 11.8 Å². The highest BCUT2D eigenvalue weighted by Crippen LogP contribution is 2.66. The topological polar surface area (TPSA) is 144 Å². The predicted molar refractivity (Wildman–Crippen MR) is 253 cm³/mol. The van der Waals surface area contributed by atoms with Crippen molar-refractivity contribution in [2.45, 2.75) is 61.7 Å². The van der Waals surface area contributed by atoms with E-state index in [0.29, 0.717) is 46.8 Å². The second-order valence-corrected chi connectivity index (χ2v) is 17.5. The molecule has 0 unspecified atom stereocenters. The third-order valence-corrected chi connectivity index (χ3v) is 13.6. The van der Waals surface area contributed by atoms with Crippen LogP contribution in [-0.4, -0.2) is 98.6 Å². The van der Waals surface area contributed by atoms with Gasteiger partial charge in [0.05, 0.1) is 44.0 Å². The maximum Gasteiger partial charge on any atom is 0.421 e. The molecule has 68 heavy (non-hydrogen) atoms. The molecule has 5 aromatic carbocycles. The van der Waals surface area contributed by atoms with E-state index in [-0.39, 0.29) is 38.0 Å². The summed E-state index contributed by atoms with van der Waals surface area (Å²) in [5.41, 5.74) is 1.95. The molecule has 0 saturated carbocycles. The van der Waals surface area contributed by atoms with E-state index in [1.165, 1.54) is 7.11 Å². The molecule has 0 aromatic heterocycles. The average molecular weight is 918 g/mol. The van der Waals surface area contributed by atoms with Crippen LogP contribution in [0.3, 0.4) is 0 Å². The van der Waals surface area contributed by atoms with Gasteiger partial charge in [-0.25, -0.2) is 9.69 Å². The van der Waals surface area contributed by atoms with Gasteiger partial charge in [-0.2, -0.15) is 0 Å². The molecule has 4 heterocycles. The maximum absolute atomic E-state index is 16.5. The Kier molecular flexibility index (Phi) is 13.9. The zero-order chi connectivity index (χ0) is 47.2. The lowest BCUT2D eigenvalue weighted by Gasteiger charge is -2.46. The third-order valence-electron chi connectivity index (χ3n) is 13.6. The molecule has 3 amide bonds. The monoisotopic (exact) mass is 917 g/mol. The summed E-state index contributed by atoms with van der Waals surface area (Å²) in [7, 11) is 3.08. The predicted octanol–water partition coefficient (Wildman–Crippen LogP) is 7.71. The summed E-state index contributed by atoms with van der Waals surface area (Å²) in [6, 6.07) is 35.7. The summed E-state index contributed by atoms with van der Waals surface area (Å²) >= 11 is 0. The van der Waals surface area contributed by atoms with Crippen LogP contribution in [0.4, 0.5) is 10.5 Å². The molecule has 0 aliphatic carbocycles. The van der Waals surface area contributed by atoms with Gasteiger partial charge in [0.1, 0.15) is 42.3 Å². The average Bonchev–Trinajstić information content (AvgIpc) is 3.82. The number of rotatable bonds is 11. The molecule has 350 valence electrons. The molecule has 9 rings (SSSR count). The van der Waals surface area contributed by atoms with Crippen LogP contribution in [0.2, 0.25) is 0 Å². The van der Waals surface area contributed by atoms with Crippen molar-refractivity contribution in [1.29, 1.82) is 0 Å². The number of morpholine rings is 1. The zero-order valence-corrected chi connectivity index (χ0v) is 38.3. The lowest BCUT2D eigenvalue weighted by atomic mass is 9.64. The number of carbonyl (C=O) groups excluding carboxylic acids is 4. The van der Waals surface area contributed by atoms with Crippen LogP contribution in [0, 0.1) is 17.8 Å². The number of aliphatic hydroxyl groups excluding tert-OH is 1. The summed E-state index contributed by atoms with van der Waals surface area (Å²) in [6.45, 7) is 0.659. The summed E-state index contributed by atoms with van der Waals surface area (Å²) < 4.78 is 28.8. The van der Waals surface area contributed by atoms with Crippen LogP contribution in [-0.2, 0) is 34.0 Å². The molecule has 1 N–H and O–H groups in total. The van der Waals surface area contributed by atoms with E-state index < -0.39 is 53.5 Å². The summed E-state index contributed by atoms with van der Waals surface area (Å²) in [4.78, 5) is 67.6. The highest BCUT2D eigenvalue weighted by Gasteiger charge is 2.76. The van der Waals surface area contributed by atoms with Gasteiger partial charge in [-0.3, -0.25) is 19.3 Å². The molecule has 5 aromatic rings. The fraction of sp³-hybridized carbons (Fsp3) is 0.345. The van der Waals surface area contributed by atoms with Gasteiger partial charge < -0.3 is 33.7 Å². The first kappa shape index (κ1) is 46.1. The Morgan fingerprint density at radius 1 is 0.706 bits per heavy atom. The van der Waals surface area contributed by atoms with Crippen LogP contribution in [0.25, 0.3) is 0 Å². The molecule has 13 nitrogen and oxygen atoms in total. The van der Waals surface area contributed by atoms with Gasteiger partial charge in [0.2, 0.25) is 11.8 Å². The molecule has 3 fully saturated rings. The number of hydrogen-bond donors (Lipinski definition) is 1. The normalized spacial score (nSPS) is 23.4. The minimum atomic E-state index is -1.96. The fourth-order valence-corrected chi connectivity index (χ4v) is 10.6. The van der Waals surface area contributed by atoms with Gasteiger partial charge in [0, 0.05) is 31.3 Å². The molecule has 0 radical (unpaired) electrons. The number of nitrogens with zero attached hydrogens (tertiary/aromatic N) is 3. The second-order valence-electron chi connectivity index (χ2n) is 17.5. The standard InChI is InChI=1S/C55H55N3O10/c1-64-34-35-67-54(63)57-45-29-22-38(19-18-37-20-25-42(65-2)26-21-37)36-44(45)55(53(57)62)46(51(60)56-30-12-4-3-5-13-31-56)48-52(61)68-49(40-16-10-7-11-17-40)47(39-14-8-6-9-15-39)58(48)50(55)41-23-27-43(28-24-41)66-33-32-59/h6-11,14-17,20-29,36,46-50,59H,3-5,12-13,30-35H2,1-2H3/t46-,47-,48-,49+,50+,55-/m0/s1. The zero-order valence-electron chi connectivity index (χ0n) is 38.3. The van der Waals surface area contributed by atoms with Crippen molar-refractivity contribution in [2.24, 2.45) is 5.92 Å². The number of esters is 1. The van der Waals surface area contributed by atoms with Crippen molar-refractivity contribution in [3.8, 4) is 23.3 Å². The number of likely N-dealkylation sites (tertiary alicyclic amines) is 1. The van der Waals surface area contributed by atoms with Gasteiger partial charge in [0.25, 0.3) is 0 Å². The molecule has 3 saturated heterocycles. The smallest absolute Gasteiger partial charge is 0.421 e. The number of benzene rings is 5. The van der Waals surface area contributed by atoms with Crippen molar-refractivity contribution < 1.29 is 48.0 Å². The van der Waals surface area contributed by atoms with Crippen molar-refractivity contribution in [1.82, 2.24) is 9.80 Å². The number of methoxy groups -OCH3 is 2. The third kappa shape index (κ3) is 8.60. The van der Waals surface area contributed by atoms with Crippen molar-refractivity contribution in [2.75, 3.05) is 58.6 Å². The molecule has 1 spiro atoms. The summed E-state index contributed by atoms with van der Waals surface area (Å²) in [5, 5.41) is 9.62. The number of hydrogen-bond acceptors (Lipinski definition) is 11. The van der Waals surface area contributed by atoms with Gasteiger partial charge >= 0.3 is 12.1 Å². The van der Waals surface area contributed by atoms with Gasteiger partial charge in [-0.15, -0.1) is 0 Å². The number of carbonyl (C=O) groups is 4. The highest BCUT2D eigenvalue weighted by atomic mass is 16.6. The first-order valence-corrected chi connectivity index (χ1v) is 23.3. The van der Waals surface area contributed by atoms with E-state index in [9.17, 15) is 9.90 Å². The first-order valence-electron chi connectivity index (χ1n) is 23.3. The number of anilines is 1. The van der Waals surface area contributed by atoms with E-state index in [1.807, 2.05) is 107 Å². The van der Waals surface area contributed by atoms with E-state index in [4.69, 9.17) is 23.7 Å². The number of amides is 3. The van der Waals surface area contributed by atoms with Gasteiger partial charge in [0.15, 0.2) is 0 Å². The SMILES string of the molecule is COCCOC(=O)N1C(=O)[C@@]2(c3cc(C#Cc4ccc(OC)cc4)ccc31)[C@H](C(=O)N1CCCCCCC1)[C@H]1C(=O)O[C@H](c3ccccc3)[C@H](c3ccccc3)N1[C@@H]2c1ccc(OCCO)cc1. The van der Waals surface area contributed by atoms with Crippen LogP contribution in [0.5, 0.6) is 11.5 Å². The fourth-order valence-electron chi connectivity index (χ4n) is 10.6. The van der Waals surface area contributed by atoms with Crippen LogP contribution in [0.15, 0.2) is 127 Å². The first-order chi connectivity index (χ1) is 33.3. The lowest BCUT2D eigenvalue weighted by Crippen LogP contribution is -2.56. The molecular formula is C55H55N3O10. The number of ether oxygens (including phenoxy) is 5. The Morgan fingerprint density at radius 3 is 2.00 bits per heavy atom. The molecule has 13 heteroatoms. The molecule has 0 bridgehead atoms. The molecule has 4 aliphatic heterocycles. The Morgan fingerprint density at radius 2 is 1.34 bits per heavy atom. The number of aliphatic hydroxyl groups is 1. The van der Waals surface area contributed by atoms with Crippen LogP contribution < -0.4 is 14.4 Å². The van der Waals surface area contributed by atoms with Gasteiger partial charge in [-0.05, 0) is 89.7 Å². The Balaban J connectivity index is 1.35. The highest BCUT2D eigenvalue weighted by molar-refractivity contribution is 6.23. The molecular weight excluding hydrogens is 863 g/mol. The van der Waals surface area contributed by atoms with Crippen molar-refractivity contribution in [3.05, 3.63) is 161 Å². The second kappa shape index (κ2) is 20.5. The quantitative estimate of drug-likeness (QED) is 0.0791. The largest absolute Gasteiger partial charge is 0.497 e. The van der Waals surface area contributed by atoms with Crippen molar-refractivity contribution in [3.63, 3.8) is 0 Å². The minimum Gasteiger partial charge on any atom is -0.497 e. The number of cyclic esters (lactones) is 1. The molecule has 6 atom stereocenters. The lowest BCUT2D eigenvalue weighted by molar-refractivity contribution is -0.179. The molecule has 4 aliphatic rings. The summed E-state index contributed by atoms with van der Waals surface area (Å²) in [6.07, 6.45) is 2.58. The Hall–Kier alpha value is -6.98. The van der Waals surface area contributed by atoms with Crippen molar-refractivity contribution >= 4 is 29.6 Å². The maximum atomic E-state index is 16.5. The minimum absolute atomic E-state index is 0.0559. The van der Waals surface area contributed by atoms with Crippen LogP contribution in [0.1, 0.15) is 83.7 Å². The Bertz CT molecular complexity index is 2660. The van der Waals surface area contributed by atoms with E-state index in [0.717, 1.165) is 48.1 Å².